The summed E-state index contributed by atoms with van der Waals surface area (Å²) in [4.78, 5) is 25.0. The molecule has 0 amide bonds. The van der Waals surface area contributed by atoms with Gasteiger partial charge in [0.25, 0.3) is 0 Å². The van der Waals surface area contributed by atoms with Crippen LogP contribution in [0.1, 0.15) is 37.2 Å². The molecule has 1 aromatic carbocycles. The molecule has 0 fully saturated rings. The van der Waals surface area contributed by atoms with E-state index in [0.29, 0.717) is 46.6 Å². The van der Waals surface area contributed by atoms with Crippen LogP contribution in [0.15, 0.2) is 30.1 Å². The minimum Gasteiger partial charge on any atom is -0.488 e. The van der Waals surface area contributed by atoms with Crippen molar-refractivity contribution >= 4 is 39.6 Å². The number of hydrogen-bond donors (Lipinski definition) is 0. The molecular weight excluding hydrogens is 356 g/mol. The molecule has 0 unspecified atom stereocenters. The van der Waals surface area contributed by atoms with E-state index in [1.54, 1.807) is 6.92 Å². The number of ether oxygens (including phenoxy) is 1. The Morgan fingerprint density at radius 3 is 2.62 bits per heavy atom. The van der Waals surface area contributed by atoms with E-state index < -0.39 is 5.63 Å². The molecule has 4 rings (SSSR count). The summed E-state index contributed by atoms with van der Waals surface area (Å²) in [7, 11) is 0. The van der Waals surface area contributed by atoms with E-state index in [1.165, 1.54) is 6.07 Å². The zero-order valence-electron chi connectivity index (χ0n) is 14.7. The van der Waals surface area contributed by atoms with Gasteiger partial charge in [-0.25, -0.2) is 4.79 Å². The zero-order chi connectivity index (χ0) is 18.6. The molecule has 0 N–H and O–H groups in total. The molecule has 2 aromatic heterocycles. The average molecular weight is 373 g/mol. The Hall–Kier alpha value is -2.53. The Bertz CT molecular complexity index is 1210. The molecular formula is C20H17ClO5. The van der Waals surface area contributed by atoms with Crippen LogP contribution in [0.4, 0.5) is 0 Å². The lowest BCUT2D eigenvalue weighted by atomic mass is 9.96. The molecule has 3 aromatic rings. The summed E-state index contributed by atoms with van der Waals surface area (Å²) < 4.78 is 17.3. The van der Waals surface area contributed by atoms with Gasteiger partial charge in [0.15, 0.2) is 16.6 Å². The fourth-order valence-corrected chi connectivity index (χ4v) is 3.69. The van der Waals surface area contributed by atoms with Crippen LogP contribution < -0.4 is 15.8 Å². The second kappa shape index (κ2) is 6.02. The first-order chi connectivity index (χ1) is 12.4. The predicted molar refractivity (Wildman–Crippen MR) is 101 cm³/mol. The number of rotatable bonds is 2. The van der Waals surface area contributed by atoms with Gasteiger partial charge in [-0.1, -0.05) is 24.9 Å². The van der Waals surface area contributed by atoms with Crippen LogP contribution in [0.25, 0.3) is 28.0 Å². The van der Waals surface area contributed by atoms with Gasteiger partial charge in [0, 0.05) is 6.07 Å². The van der Waals surface area contributed by atoms with E-state index in [2.05, 4.69) is 0 Å². The number of benzene rings is 1. The lowest BCUT2D eigenvalue weighted by Gasteiger charge is -2.21. The highest BCUT2D eigenvalue weighted by Gasteiger charge is 2.27. The largest absolute Gasteiger partial charge is 0.488 e. The van der Waals surface area contributed by atoms with Crippen LogP contribution in [-0.4, -0.2) is 6.61 Å². The molecule has 134 valence electrons. The van der Waals surface area contributed by atoms with Gasteiger partial charge in [0.05, 0.1) is 10.9 Å². The molecule has 0 aliphatic carbocycles. The quantitative estimate of drug-likeness (QED) is 0.485. The molecule has 1 aliphatic heterocycles. The fourth-order valence-electron chi connectivity index (χ4n) is 3.47. The molecule has 26 heavy (non-hydrogen) atoms. The van der Waals surface area contributed by atoms with Crippen LogP contribution in [0.5, 0.6) is 5.75 Å². The monoisotopic (exact) mass is 372 g/mol. The molecule has 0 spiro atoms. The highest BCUT2D eigenvalue weighted by atomic mass is 35.5. The van der Waals surface area contributed by atoms with Crippen molar-refractivity contribution < 1.29 is 13.6 Å². The minimum atomic E-state index is -0.661. The van der Waals surface area contributed by atoms with Gasteiger partial charge in [-0.05, 0) is 37.5 Å². The molecule has 6 heteroatoms. The molecule has 1 aliphatic rings. The van der Waals surface area contributed by atoms with Crippen molar-refractivity contribution in [2.75, 3.05) is 6.61 Å². The normalized spacial score (nSPS) is 13.6. The van der Waals surface area contributed by atoms with Gasteiger partial charge < -0.3 is 13.6 Å². The van der Waals surface area contributed by atoms with Gasteiger partial charge in [-0.15, -0.1) is 0 Å². The second-order valence-corrected chi connectivity index (χ2v) is 6.96. The smallest absolute Gasteiger partial charge is 0.355 e. The van der Waals surface area contributed by atoms with Crippen LogP contribution in [0, 0.1) is 6.92 Å². The summed E-state index contributed by atoms with van der Waals surface area (Å²) in [5.41, 5.74) is 1.95. The van der Waals surface area contributed by atoms with Crippen molar-refractivity contribution in [2.24, 2.45) is 0 Å². The third-order valence-corrected chi connectivity index (χ3v) is 4.90. The Morgan fingerprint density at radius 1 is 1.12 bits per heavy atom. The van der Waals surface area contributed by atoms with Crippen molar-refractivity contribution in [3.8, 4) is 5.75 Å². The van der Waals surface area contributed by atoms with Crippen LogP contribution >= 0.6 is 11.6 Å². The highest BCUT2D eigenvalue weighted by Crippen LogP contribution is 2.43. The lowest BCUT2D eigenvalue weighted by Crippen LogP contribution is -2.13. The summed E-state index contributed by atoms with van der Waals surface area (Å²) in [6, 6.07) is 1.39. The van der Waals surface area contributed by atoms with Crippen LogP contribution in [0.2, 0.25) is 5.02 Å². The van der Waals surface area contributed by atoms with E-state index in [0.717, 1.165) is 12.0 Å². The van der Waals surface area contributed by atoms with E-state index in [9.17, 15) is 9.59 Å². The first-order valence-corrected chi connectivity index (χ1v) is 8.85. The summed E-state index contributed by atoms with van der Waals surface area (Å²) in [5.74, 6) is 1.02. The van der Waals surface area contributed by atoms with Gasteiger partial charge in [0.1, 0.15) is 28.5 Å². The number of halogens is 1. The summed E-state index contributed by atoms with van der Waals surface area (Å²) in [6.45, 7) is 6.05. The number of aryl methyl sites for hydroxylation is 2. The van der Waals surface area contributed by atoms with E-state index in [1.807, 2.05) is 19.9 Å². The van der Waals surface area contributed by atoms with Gasteiger partial charge >= 0.3 is 5.63 Å². The maximum absolute atomic E-state index is 12.7. The third-order valence-electron chi connectivity index (χ3n) is 4.52. The second-order valence-electron chi connectivity index (χ2n) is 6.58. The standard InChI is InChI=1S/C20H17ClO5/c1-4-5-11-14-17-12(6-9(2)8-24-17)18-15(13(22)7-10(3)25-18)19(14)26-20(23)16(11)21/h6-7H,4-5,8H2,1-3H3. The Balaban J connectivity index is 2.37. The van der Waals surface area contributed by atoms with Crippen molar-refractivity contribution in [2.45, 2.75) is 33.6 Å². The van der Waals surface area contributed by atoms with Gasteiger partial charge in [-0.3, -0.25) is 4.79 Å². The van der Waals surface area contributed by atoms with E-state index in [-0.39, 0.29) is 21.4 Å². The lowest BCUT2D eigenvalue weighted by molar-refractivity contribution is 0.350. The first kappa shape index (κ1) is 16.9. The third kappa shape index (κ3) is 2.38. The van der Waals surface area contributed by atoms with Crippen LogP contribution in [-0.2, 0) is 6.42 Å². The Kier molecular flexibility index (Phi) is 3.92. The maximum atomic E-state index is 12.7. The number of hydrogen-bond acceptors (Lipinski definition) is 5. The Morgan fingerprint density at radius 2 is 1.88 bits per heavy atom. The summed E-state index contributed by atoms with van der Waals surface area (Å²) >= 11 is 6.26. The first-order valence-electron chi connectivity index (χ1n) is 8.48. The molecule has 5 nitrogen and oxygen atoms in total. The zero-order valence-corrected chi connectivity index (χ0v) is 15.5. The molecule has 0 saturated heterocycles. The SMILES string of the molecule is CCCc1c(Cl)c(=O)oc2c1c1c(c3oc(C)cc(=O)c32)C=C(C)CO1. The summed E-state index contributed by atoms with van der Waals surface area (Å²) in [5, 5.41) is 0.858. The number of fused-ring (bicyclic) bond motifs is 6. The topological polar surface area (TPSA) is 69.7 Å². The average Bonchev–Trinajstić information content (AvgIpc) is 2.58. The van der Waals surface area contributed by atoms with Gasteiger partial charge in [-0.2, -0.15) is 0 Å². The minimum absolute atomic E-state index is 0.0345. The maximum Gasteiger partial charge on any atom is 0.355 e. The highest BCUT2D eigenvalue weighted by molar-refractivity contribution is 6.32. The molecule has 3 heterocycles. The van der Waals surface area contributed by atoms with E-state index >= 15 is 0 Å². The van der Waals surface area contributed by atoms with E-state index in [4.69, 9.17) is 25.2 Å². The van der Waals surface area contributed by atoms with Gasteiger partial charge in [0.2, 0.25) is 0 Å². The predicted octanol–water partition coefficient (Wildman–Crippen LogP) is 4.61. The van der Waals surface area contributed by atoms with Crippen molar-refractivity contribution in [3.05, 3.63) is 54.2 Å². The molecule has 0 saturated carbocycles. The van der Waals surface area contributed by atoms with Crippen molar-refractivity contribution in [3.63, 3.8) is 0 Å². The Labute approximate surface area is 153 Å². The fraction of sp³-hybridized carbons (Fsp3) is 0.300. The summed E-state index contributed by atoms with van der Waals surface area (Å²) in [6.07, 6.45) is 3.29. The van der Waals surface area contributed by atoms with Crippen LogP contribution in [0.3, 0.4) is 0 Å². The molecule has 0 atom stereocenters. The molecule has 0 bridgehead atoms. The molecule has 0 radical (unpaired) electrons. The van der Waals surface area contributed by atoms with Crippen molar-refractivity contribution in [1.29, 1.82) is 0 Å². The van der Waals surface area contributed by atoms with Crippen molar-refractivity contribution in [1.82, 2.24) is 0 Å².